The number of anilines is 1. The second-order valence-corrected chi connectivity index (χ2v) is 11.1. The summed E-state index contributed by atoms with van der Waals surface area (Å²) in [5, 5.41) is 6.99. The molecule has 0 aliphatic carbocycles. The van der Waals surface area contributed by atoms with Gasteiger partial charge in [0.1, 0.15) is 6.61 Å². The van der Waals surface area contributed by atoms with Crippen molar-refractivity contribution in [2.24, 2.45) is 0 Å². The molecule has 0 saturated carbocycles. The molecule has 1 aliphatic heterocycles. The minimum atomic E-state index is -0.281. The van der Waals surface area contributed by atoms with Crippen LogP contribution < -0.4 is 20.1 Å². The molecule has 35 heavy (non-hydrogen) atoms. The Morgan fingerprint density at radius 2 is 1.89 bits per heavy atom. The predicted octanol–water partition coefficient (Wildman–Crippen LogP) is 7.75. The highest BCUT2D eigenvalue weighted by Crippen LogP contribution is 2.39. The van der Waals surface area contributed by atoms with E-state index in [1.807, 2.05) is 74.5 Å². The quantitative estimate of drug-likeness (QED) is 0.247. The van der Waals surface area contributed by atoms with Gasteiger partial charge in [-0.25, -0.2) is 0 Å². The fraction of sp³-hybridized carbons (Fsp3) is 0.192. The largest absolute Gasteiger partial charge is 0.490 e. The van der Waals surface area contributed by atoms with Crippen molar-refractivity contribution in [1.82, 2.24) is 5.32 Å². The zero-order valence-electron chi connectivity index (χ0n) is 19.0. The number of carbonyl (C=O) groups is 1. The van der Waals surface area contributed by atoms with E-state index < -0.39 is 0 Å². The van der Waals surface area contributed by atoms with Gasteiger partial charge >= 0.3 is 0 Å². The first-order valence-electron chi connectivity index (χ1n) is 10.9. The molecule has 0 aromatic heterocycles. The summed E-state index contributed by atoms with van der Waals surface area (Å²) in [6, 6.07) is 17.4. The molecule has 1 atom stereocenters. The molecule has 1 fully saturated rings. The average Bonchev–Trinajstić information content (AvgIpc) is 3.15. The zero-order valence-corrected chi connectivity index (χ0v) is 23.8. The molecule has 1 saturated heterocycles. The Morgan fingerprint density at radius 3 is 2.60 bits per heavy atom. The van der Waals surface area contributed by atoms with Crippen LogP contribution in [0.25, 0.3) is 6.08 Å². The van der Waals surface area contributed by atoms with E-state index in [1.165, 1.54) is 11.8 Å². The molecule has 2 N–H and O–H groups in total. The number of thioether (sulfide) groups is 1. The van der Waals surface area contributed by atoms with Crippen LogP contribution in [-0.4, -0.2) is 18.0 Å². The van der Waals surface area contributed by atoms with Crippen LogP contribution in [0.15, 0.2) is 68.4 Å². The molecular formula is C26H23Br2ClN2O3S. The molecule has 0 bridgehead atoms. The second-order valence-electron chi connectivity index (χ2n) is 7.76. The van der Waals surface area contributed by atoms with Crippen molar-refractivity contribution in [1.29, 1.82) is 0 Å². The van der Waals surface area contributed by atoms with Crippen molar-refractivity contribution >= 4 is 72.9 Å². The molecule has 182 valence electrons. The monoisotopic (exact) mass is 636 g/mol. The van der Waals surface area contributed by atoms with Gasteiger partial charge in [-0.15, -0.1) is 0 Å². The fourth-order valence-corrected chi connectivity index (χ4v) is 5.50. The van der Waals surface area contributed by atoms with Crippen LogP contribution in [0.3, 0.4) is 0 Å². The Morgan fingerprint density at radius 1 is 1.11 bits per heavy atom. The number of hydrogen-bond acceptors (Lipinski definition) is 5. The average molecular weight is 639 g/mol. The Labute approximate surface area is 230 Å². The first kappa shape index (κ1) is 25.9. The molecule has 4 rings (SSSR count). The third-order valence-corrected chi connectivity index (χ3v) is 7.51. The van der Waals surface area contributed by atoms with Crippen LogP contribution in [0.4, 0.5) is 5.69 Å². The lowest BCUT2D eigenvalue weighted by Crippen LogP contribution is -2.31. The van der Waals surface area contributed by atoms with Crippen LogP contribution in [0.2, 0.25) is 5.02 Å². The standard InChI is InChI=1S/C26H23Br2ClN2O3S/c1-3-33-22-12-17(11-20(28)24(22)34-14-16-4-6-18(27)7-5-16)13-23-25(32)31-26(35-23)30-21-9-8-19(29)10-15(21)2/h4-13,26,30H,3,14H2,1-2H3,(H,31,32)/b23-13-. The van der Waals surface area contributed by atoms with Crippen LogP contribution in [0.5, 0.6) is 11.5 Å². The molecule has 5 nitrogen and oxygen atoms in total. The van der Waals surface area contributed by atoms with Crippen LogP contribution in [-0.2, 0) is 11.4 Å². The van der Waals surface area contributed by atoms with E-state index in [0.29, 0.717) is 34.6 Å². The number of rotatable bonds is 8. The van der Waals surface area contributed by atoms with Crippen molar-refractivity contribution in [3.63, 3.8) is 0 Å². The molecule has 9 heteroatoms. The lowest BCUT2D eigenvalue weighted by Gasteiger charge is -2.15. The number of carbonyl (C=O) groups excluding carboxylic acids is 1. The molecule has 1 amide bonds. The smallest absolute Gasteiger partial charge is 0.260 e. The maximum atomic E-state index is 12.6. The molecule has 3 aromatic rings. The van der Waals surface area contributed by atoms with Gasteiger partial charge in [-0.2, -0.15) is 0 Å². The van der Waals surface area contributed by atoms with E-state index in [4.69, 9.17) is 21.1 Å². The Hall–Kier alpha value is -2.13. The van der Waals surface area contributed by atoms with Crippen molar-refractivity contribution in [2.75, 3.05) is 11.9 Å². The summed E-state index contributed by atoms with van der Waals surface area (Å²) in [5.74, 6) is 1.10. The van der Waals surface area contributed by atoms with Crippen molar-refractivity contribution in [3.8, 4) is 11.5 Å². The molecular weight excluding hydrogens is 616 g/mol. The summed E-state index contributed by atoms with van der Waals surface area (Å²) < 4.78 is 13.7. The fourth-order valence-electron chi connectivity index (χ4n) is 3.46. The normalized spacial score (nSPS) is 16.3. The van der Waals surface area contributed by atoms with E-state index >= 15 is 0 Å². The van der Waals surface area contributed by atoms with Gasteiger partial charge in [-0.05, 0) is 95.0 Å². The van der Waals surface area contributed by atoms with Crippen molar-refractivity contribution in [2.45, 2.75) is 26.0 Å². The lowest BCUT2D eigenvalue weighted by molar-refractivity contribution is -0.116. The van der Waals surface area contributed by atoms with Gasteiger partial charge in [-0.1, -0.05) is 51.4 Å². The molecule has 1 aliphatic rings. The first-order valence-corrected chi connectivity index (χ1v) is 13.7. The van der Waals surface area contributed by atoms with Crippen LogP contribution >= 0.6 is 55.2 Å². The minimum absolute atomic E-state index is 0.135. The van der Waals surface area contributed by atoms with Crippen molar-refractivity contribution < 1.29 is 14.3 Å². The number of nitrogens with one attached hydrogen (secondary N) is 2. The van der Waals surface area contributed by atoms with Crippen LogP contribution in [0.1, 0.15) is 23.6 Å². The van der Waals surface area contributed by atoms with E-state index in [-0.39, 0.29) is 11.4 Å². The lowest BCUT2D eigenvalue weighted by atomic mass is 10.1. The topological polar surface area (TPSA) is 59.6 Å². The van der Waals surface area contributed by atoms with E-state index in [2.05, 4.69) is 42.5 Å². The molecule has 0 spiro atoms. The van der Waals surface area contributed by atoms with Gasteiger partial charge in [0.25, 0.3) is 5.91 Å². The second kappa shape index (κ2) is 11.7. The van der Waals surface area contributed by atoms with Gasteiger partial charge in [0, 0.05) is 15.2 Å². The first-order chi connectivity index (χ1) is 16.8. The van der Waals surface area contributed by atoms with E-state index in [9.17, 15) is 4.79 Å². The summed E-state index contributed by atoms with van der Waals surface area (Å²) in [7, 11) is 0. The molecule has 1 unspecified atom stereocenters. The van der Waals surface area contributed by atoms with Gasteiger partial charge < -0.3 is 20.1 Å². The van der Waals surface area contributed by atoms with Gasteiger partial charge in [0.15, 0.2) is 17.0 Å². The summed E-state index contributed by atoms with van der Waals surface area (Å²) in [5.41, 5.74) is 3.52. The third-order valence-electron chi connectivity index (χ3n) is 5.13. The van der Waals surface area contributed by atoms with Crippen LogP contribution in [0, 0.1) is 6.92 Å². The summed E-state index contributed by atoms with van der Waals surface area (Å²) in [6.07, 6.45) is 1.85. The molecule has 1 heterocycles. The minimum Gasteiger partial charge on any atom is -0.490 e. The number of aryl methyl sites for hydroxylation is 1. The maximum absolute atomic E-state index is 12.6. The van der Waals surface area contributed by atoms with Gasteiger partial charge in [-0.3, -0.25) is 4.79 Å². The highest BCUT2D eigenvalue weighted by Gasteiger charge is 2.27. The summed E-state index contributed by atoms with van der Waals surface area (Å²) in [4.78, 5) is 13.2. The summed E-state index contributed by atoms with van der Waals surface area (Å²) in [6.45, 7) is 4.79. The number of amides is 1. The number of hydrogen-bond donors (Lipinski definition) is 2. The Balaban J connectivity index is 1.51. The number of benzene rings is 3. The number of ether oxygens (including phenoxy) is 2. The highest BCUT2D eigenvalue weighted by molar-refractivity contribution is 9.10. The van der Waals surface area contributed by atoms with E-state index in [1.54, 1.807) is 0 Å². The third kappa shape index (κ3) is 6.76. The summed E-state index contributed by atoms with van der Waals surface area (Å²) >= 11 is 14.5. The SMILES string of the molecule is CCOc1cc(/C=C2\SC(Nc3ccc(Cl)cc3C)NC2=O)cc(Br)c1OCc1ccc(Br)cc1. The van der Waals surface area contributed by atoms with Crippen molar-refractivity contribution in [3.05, 3.63) is 90.2 Å². The number of halogens is 3. The zero-order chi connectivity index (χ0) is 24.9. The van der Waals surface area contributed by atoms with Gasteiger partial charge in [0.05, 0.1) is 16.0 Å². The van der Waals surface area contributed by atoms with E-state index in [0.717, 1.165) is 31.3 Å². The molecule has 3 aromatic carbocycles. The molecule has 0 radical (unpaired) electrons. The Kier molecular flexibility index (Phi) is 8.70. The Bertz CT molecular complexity index is 1270. The predicted molar refractivity (Wildman–Crippen MR) is 151 cm³/mol. The highest BCUT2D eigenvalue weighted by atomic mass is 79.9. The maximum Gasteiger partial charge on any atom is 0.260 e. The van der Waals surface area contributed by atoms with Gasteiger partial charge in [0.2, 0.25) is 0 Å².